The average Bonchev–Trinajstić information content (AvgIpc) is 2.57. The fourth-order valence-corrected chi connectivity index (χ4v) is 3.21. The highest BCUT2D eigenvalue weighted by atomic mass is 127. The van der Waals surface area contributed by atoms with Gasteiger partial charge in [-0.2, -0.15) is 0 Å². The van der Waals surface area contributed by atoms with Crippen LogP contribution in [0.5, 0.6) is 0 Å². The van der Waals surface area contributed by atoms with Crippen LogP contribution in [-0.4, -0.2) is 30.6 Å². The van der Waals surface area contributed by atoms with E-state index in [1.165, 1.54) is 5.57 Å². The van der Waals surface area contributed by atoms with Crippen LogP contribution in [0.15, 0.2) is 11.8 Å². The zero-order valence-corrected chi connectivity index (χ0v) is 12.5. The predicted molar refractivity (Wildman–Crippen MR) is 80.4 cm³/mol. The molecule has 2 aromatic heterocycles. The Kier molecular flexibility index (Phi) is 2.78. The number of nitrogens with zero attached hydrogens (tertiary/aromatic N) is 4. The Morgan fingerprint density at radius 2 is 2.11 bits per heavy atom. The quantitative estimate of drug-likeness (QED) is 0.628. The SMILES string of the molecule is Cc1nc(C)n2c(C=C3CN(I)C3)cnc(N)c12. The molecule has 0 aromatic carbocycles. The summed E-state index contributed by atoms with van der Waals surface area (Å²) >= 11 is 2.32. The standard InChI is InChI=1S/C12H14IN5/c1-7-11-12(14)15-4-10(18(11)8(2)16-7)3-9-5-17(13)6-9/h3-4H,5-6H2,1-2H3,(H2,14,15). The topological polar surface area (TPSA) is 59.5 Å². The number of nitrogen functional groups attached to an aromatic ring is 1. The number of nitrogens with two attached hydrogens (primary N) is 1. The lowest BCUT2D eigenvalue weighted by Gasteiger charge is -2.27. The van der Waals surface area contributed by atoms with Gasteiger partial charge in [0, 0.05) is 36.0 Å². The second-order valence-corrected chi connectivity index (χ2v) is 5.94. The third-order valence-corrected chi connectivity index (χ3v) is 3.84. The molecular formula is C12H14IN5. The third-order valence-electron chi connectivity index (χ3n) is 3.16. The molecule has 0 radical (unpaired) electrons. The van der Waals surface area contributed by atoms with Gasteiger partial charge in [0.2, 0.25) is 0 Å². The van der Waals surface area contributed by atoms with Crippen LogP contribution in [0.3, 0.4) is 0 Å². The van der Waals surface area contributed by atoms with Crippen LogP contribution in [0, 0.1) is 13.8 Å². The van der Waals surface area contributed by atoms with Crippen molar-refractivity contribution in [2.75, 3.05) is 18.8 Å². The average molecular weight is 355 g/mol. The van der Waals surface area contributed by atoms with Gasteiger partial charge in [0.25, 0.3) is 0 Å². The summed E-state index contributed by atoms with van der Waals surface area (Å²) in [4.78, 5) is 8.75. The van der Waals surface area contributed by atoms with Crippen LogP contribution in [0.1, 0.15) is 17.2 Å². The molecule has 0 saturated carbocycles. The van der Waals surface area contributed by atoms with E-state index in [1.807, 2.05) is 20.0 Å². The van der Waals surface area contributed by atoms with Crippen LogP contribution >= 0.6 is 22.9 Å². The zero-order chi connectivity index (χ0) is 12.9. The van der Waals surface area contributed by atoms with Crippen molar-refractivity contribution in [3.05, 3.63) is 29.0 Å². The minimum atomic E-state index is 0.541. The van der Waals surface area contributed by atoms with Gasteiger partial charge in [-0.1, -0.05) is 0 Å². The Hall–Kier alpha value is -1.15. The van der Waals surface area contributed by atoms with E-state index in [9.17, 15) is 0 Å². The second kappa shape index (κ2) is 4.20. The molecule has 94 valence electrons. The molecule has 0 amide bonds. The third kappa shape index (κ3) is 1.79. The molecule has 18 heavy (non-hydrogen) atoms. The lowest BCUT2D eigenvalue weighted by molar-refractivity contribution is 0.490. The number of imidazole rings is 1. The van der Waals surface area contributed by atoms with Gasteiger partial charge in [0.15, 0.2) is 0 Å². The highest BCUT2D eigenvalue weighted by Gasteiger charge is 2.18. The van der Waals surface area contributed by atoms with Crippen LogP contribution in [0.2, 0.25) is 0 Å². The summed E-state index contributed by atoms with van der Waals surface area (Å²) in [5, 5.41) is 0. The number of fused-ring (bicyclic) bond motifs is 1. The molecule has 0 atom stereocenters. The molecule has 1 aliphatic heterocycles. The van der Waals surface area contributed by atoms with Crippen molar-refractivity contribution >= 4 is 40.3 Å². The maximum atomic E-state index is 5.94. The number of aryl methyl sites for hydroxylation is 2. The number of anilines is 1. The van der Waals surface area contributed by atoms with E-state index >= 15 is 0 Å². The Morgan fingerprint density at radius 3 is 2.78 bits per heavy atom. The molecule has 1 aliphatic rings. The Bertz CT molecular complexity index is 650. The first kappa shape index (κ1) is 11.9. The molecule has 1 fully saturated rings. The zero-order valence-electron chi connectivity index (χ0n) is 10.3. The second-order valence-electron chi connectivity index (χ2n) is 4.58. The van der Waals surface area contributed by atoms with Crippen molar-refractivity contribution in [3.63, 3.8) is 0 Å². The van der Waals surface area contributed by atoms with E-state index in [-0.39, 0.29) is 0 Å². The maximum Gasteiger partial charge on any atom is 0.149 e. The van der Waals surface area contributed by atoms with Crippen LogP contribution in [0.25, 0.3) is 11.6 Å². The summed E-state index contributed by atoms with van der Waals surface area (Å²) in [6.07, 6.45) is 4.00. The first-order valence-corrected chi connectivity index (χ1v) is 6.73. The van der Waals surface area contributed by atoms with Crippen LogP contribution in [0.4, 0.5) is 5.82 Å². The van der Waals surface area contributed by atoms with Gasteiger partial charge in [0.05, 0.1) is 17.6 Å². The Balaban J connectivity index is 2.19. The monoisotopic (exact) mass is 355 g/mol. The van der Waals surface area contributed by atoms with Gasteiger partial charge in [0.1, 0.15) is 17.2 Å². The van der Waals surface area contributed by atoms with Crippen molar-refractivity contribution in [1.29, 1.82) is 0 Å². The molecule has 0 unspecified atom stereocenters. The van der Waals surface area contributed by atoms with E-state index in [4.69, 9.17) is 5.73 Å². The summed E-state index contributed by atoms with van der Waals surface area (Å²) < 4.78 is 4.32. The summed E-state index contributed by atoms with van der Waals surface area (Å²) in [7, 11) is 0. The van der Waals surface area contributed by atoms with E-state index in [1.54, 1.807) is 0 Å². The Morgan fingerprint density at radius 1 is 1.39 bits per heavy atom. The molecule has 0 aliphatic carbocycles. The molecule has 2 N–H and O–H groups in total. The number of aromatic nitrogens is 3. The van der Waals surface area contributed by atoms with Gasteiger partial charge in [-0.15, -0.1) is 0 Å². The molecule has 0 bridgehead atoms. The molecule has 0 spiro atoms. The molecule has 2 aromatic rings. The lowest BCUT2D eigenvalue weighted by atomic mass is 10.1. The molecular weight excluding hydrogens is 341 g/mol. The number of rotatable bonds is 1. The molecule has 1 saturated heterocycles. The first-order valence-electron chi connectivity index (χ1n) is 5.76. The van der Waals surface area contributed by atoms with Crippen LogP contribution in [-0.2, 0) is 0 Å². The number of hydrogen-bond donors (Lipinski definition) is 1. The van der Waals surface area contributed by atoms with Gasteiger partial charge in [-0.3, -0.25) is 4.40 Å². The summed E-state index contributed by atoms with van der Waals surface area (Å²) in [6, 6.07) is 0. The van der Waals surface area contributed by atoms with Crippen molar-refractivity contribution in [2.45, 2.75) is 13.8 Å². The summed E-state index contributed by atoms with van der Waals surface area (Å²) in [5.74, 6) is 1.49. The van der Waals surface area contributed by atoms with Gasteiger partial charge in [-0.05, 0) is 25.5 Å². The van der Waals surface area contributed by atoms with Gasteiger partial charge < -0.3 is 5.73 Å². The van der Waals surface area contributed by atoms with E-state index in [0.29, 0.717) is 5.82 Å². The van der Waals surface area contributed by atoms with E-state index < -0.39 is 0 Å². The summed E-state index contributed by atoms with van der Waals surface area (Å²) in [5.41, 5.74) is 10.3. The van der Waals surface area contributed by atoms with Gasteiger partial charge >= 0.3 is 0 Å². The van der Waals surface area contributed by atoms with Crippen molar-refractivity contribution in [3.8, 4) is 0 Å². The Labute approximate surface area is 119 Å². The molecule has 3 rings (SSSR count). The minimum absolute atomic E-state index is 0.541. The highest BCUT2D eigenvalue weighted by Crippen LogP contribution is 2.24. The van der Waals surface area contributed by atoms with Crippen molar-refractivity contribution < 1.29 is 0 Å². The molecule has 6 heteroatoms. The van der Waals surface area contributed by atoms with Crippen LogP contribution < -0.4 is 5.73 Å². The predicted octanol–water partition coefficient (Wildman–Crippen LogP) is 1.98. The first-order chi connectivity index (χ1) is 8.56. The fraction of sp³-hybridized carbons (Fsp3) is 0.333. The maximum absolute atomic E-state index is 5.94. The van der Waals surface area contributed by atoms with Gasteiger partial charge in [-0.25, -0.2) is 13.1 Å². The summed E-state index contributed by atoms with van der Waals surface area (Å²) in [6.45, 7) is 5.98. The number of halogens is 1. The normalized spacial score (nSPS) is 16.1. The minimum Gasteiger partial charge on any atom is -0.382 e. The number of hydrogen-bond acceptors (Lipinski definition) is 4. The van der Waals surface area contributed by atoms with E-state index in [0.717, 1.165) is 35.8 Å². The van der Waals surface area contributed by atoms with E-state index in [2.05, 4.69) is 46.4 Å². The fourth-order valence-electron chi connectivity index (χ4n) is 2.34. The molecule has 5 nitrogen and oxygen atoms in total. The molecule has 3 heterocycles. The lowest BCUT2D eigenvalue weighted by Crippen LogP contribution is -2.31. The highest BCUT2D eigenvalue weighted by molar-refractivity contribution is 14.1. The van der Waals surface area contributed by atoms with Crippen molar-refractivity contribution in [2.24, 2.45) is 0 Å². The largest absolute Gasteiger partial charge is 0.382 e. The van der Waals surface area contributed by atoms with Crippen molar-refractivity contribution in [1.82, 2.24) is 17.5 Å². The smallest absolute Gasteiger partial charge is 0.149 e.